The van der Waals surface area contributed by atoms with Crippen LogP contribution in [0.3, 0.4) is 0 Å². The Kier molecular flexibility index (Phi) is 3.53. The lowest BCUT2D eigenvalue weighted by molar-refractivity contribution is -0.258. The predicted octanol–water partition coefficient (Wildman–Crippen LogP) is 6.66. The summed E-state index contributed by atoms with van der Waals surface area (Å²) in [6, 6.07) is 0. The number of hydrogen-bond donors (Lipinski definition) is 0. The predicted molar refractivity (Wildman–Crippen MR) is 97.4 cm³/mol. The van der Waals surface area contributed by atoms with Crippen LogP contribution in [0.5, 0.6) is 0 Å². The van der Waals surface area contributed by atoms with Crippen LogP contribution >= 0.6 is 23.5 Å². The largest absolute Gasteiger partial charge is 0.380 e. The smallest absolute Gasteiger partial charge is 0.194 e. The lowest BCUT2D eigenvalue weighted by Crippen LogP contribution is -2.48. The molecule has 0 aromatic heterocycles. The van der Waals surface area contributed by atoms with Crippen LogP contribution in [0.1, 0.15) is 13.8 Å². The van der Waals surface area contributed by atoms with Crippen LogP contribution in [-0.4, -0.2) is 27.3 Å². The topological polar surface area (TPSA) is 0 Å². The average molecular weight is 420 g/mol. The molecule has 0 saturated heterocycles. The number of alkyl halides is 6. The number of rotatable bonds is 2. The van der Waals surface area contributed by atoms with E-state index in [2.05, 4.69) is 13.2 Å². The van der Waals surface area contributed by atoms with Crippen molar-refractivity contribution in [2.45, 2.75) is 41.1 Å². The van der Waals surface area contributed by atoms with Crippen molar-refractivity contribution in [1.29, 1.82) is 0 Å². The minimum absolute atomic E-state index is 0.184. The maximum absolute atomic E-state index is 14.7. The molecule has 4 aliphatic rings. The monoisotopic (exact) mass is 420 g/mol. The lowest BCUT2D eigenvalue weighted by atomic mass is 9.71. The molecule has 2 heterocycles. The molecule has 2 aliphatic carbocycles. The van der Waals surface area contributed by atoms with Gasteiger partial charge in [0.05, 0.1) is 9.49 Å². The summed E-state index contributed by atoms with van der Waals surface area (Å²) in [5.41, 5.74) is -2.87. The first-order chi connectivity index (χ1) is 12.3. The van der Waals surface area contributed by atoms with Gasteiger partial charge in [-0.15, -0.1) is 23.5 Å². The molecule has 27 heavy (non-hydrogen) atoms. The summed E-state index contributed by atoms with van der Waals surface area (Å²) < 4.78 is 85.1. The van der Waals surface area contributed by atoms with Gasteiger partial charge in [0, 0.05) is 21.0 Å². The van der Waals surface area contributed by atoms with E-state index in [4.69, 9.17) is 0 Å². The first kappa shape index (κ1) is 19.1. The Morgan fingerprint density at radius 1 is 0.741 bits per heavy atom. The van der Waals surface area contributed by atoms with E-state index in [0.29, 0.717) is 9.81 Å². The third-order valence-electron chi connectivity index (χ3n) is 5.76. The van der Waals surface area contributed by atoms with Gasteiger partial charge in [0.15, 0.2) is 0 Å². The third kappa shape index (κ3) is 1.82. The number of halogens is 6. The molecule has 4 rings (SSSR count). The molecule has 1 saturated carbocycles. The molecule has 144 valence electrons. The van der Waals surface area contributed by atoms with Crippen molar-refractivity contribution in [2.24, 2.45) is 0 Å². The molecule has 0 amide bonds. The van der Waals surface area contributed by atoms with E-state index < -0.39 is 38.4 Å². The second kappa shape index (κ2) is 5.00. The fourth-order valence-electron chi connectivity index (χ4n) is 4.16. The van der Waals surface area contributed by atoms with Crippen molar-refractivity contribution in [3.8, 4) is 0 Å². The van der Waals surface area contributed by atoms with Crippen LogP contribution in [0.25, 0.3) is 0 Å². The number of hydrogen-bond acceptors (Lipinski definition) is 2. The zero-order valence-corrected chi connectivity index (χ0v) is 15.9. The van der Waals surface area contributed by atoms with Crippen molar-refractivity contribution in [3.63, 3.8) is 0 Å². The minimum atomic E-state index is -5.51. The average Bonchev–Trinajstić information content (AvgIpc) is 3.13. The van der Waals surface area contributed by atoms with Gasteiger partial charge in [-0.1, -0.05) is 25.3 Å². The van der Waals surface area contributed by atoms with Gasteiger partial charge in [-0.3, -0.25) is 0 Å². The van der Waals surface area contributed by atoms with E-state index in [1.165, 1.54) is 47.8 Å². The van der Waals surface area contributed by atoms with Crippen molar-refractivity contribution in [2.75, 3.05) is 0 Å². The maximum Gasteiger partial charge on any atom is 0.380 e. The maximum atomic E-state index is 14.7. The van der Waals surface area contributed by atoms with Crippen LogP contribution in [0.4, 0.5) is 26.3 Å². The Morgan fingerprint density at radius 2 is 1.07 bits per heavy atom. The molecule has 0 spiro atoms. The Labute approximate surface area is 160 Å². The first-order valence-corrected chi connectivity index (χ1v) is 9.63. The summed E-state index contributed by atoms with van der Waals surface area (Å²) in [4.78, 5) is 0.952. The summed E-state index contributed by atoms with van der Waals surface area (Å²) in [5.74, 6) is -15.5. The van der Waals surface area contributed by atoms with Crippen molar-refractivity contribution in [1.82, 2.24) is 0 Å². The van der Waals surface area contributed by atoms with E-state index in [0.717, 1.165) is 0 Å². The normalized spacial score (nSPS) is 37.5. The zero-order chi connectivity index (χ0) is 20.2. The van der Waals surface area contributed by atoms with Gasteiger partial charge < -0.3 is 0 Å². The highest BCUT2D eigenvalue weighted by atomic mass is 32.2. The van der Waals surface area contributed by atoms with E-state index >= 15 is 0 Å². The van der Waals surface area contributed by atoms with Gasteiger partial charge in [0.2, 0.25) is 0 Å². The van der Waals surface area contributed by atoms with Gasteiger partial charge in [-0.2, -0.15) is 26.3 Å². The summed E-state index contributed by atoms with van der Waals surface area (Å²) in [6.45, 7) is 10.5. The summed E-state index contributed by atoms with van der Waals surface area (Å²) >= 11 is 2.35. The number of allylic oxidation sites excluding steroid dienone is 6. The highest BCUT2D eigenvalue weighted by molar-refractivity contribution is 8.09. The molecular formula is C19H14F6S2. The third-order valence-corrected chi connectivity index (χ3v) is 9.01. The highest BCUT2D eigenvalue weighted by Crippen LogP contribution is 2.74. The second-order valence-corrected chi connectivity index (χ2v) is 10.1. The minimum Gasteiger partial charge on any atom is -0.194 e. The van der Waals surface area contributed by atoms with Gasteiger partial charge in [-0.25, -0.2) is 0 Å². The highest BCUT2D eigenvalue weighted by Gasteiger charge is 2.84. The quantitative estimate of drug-likeness (QED) is 0.458. The van der Waals surface area contributed by atoms with Gasteiger partial charge in [0.1, 0.15) is 0 Å². The van der Waals surface area contributed by atoms with Crippen LogP contribution in [0.2, 0.25) is 0 Å². The molecule has 0 nitrogen and oxygen atoms in total. The van der Waals surface area contributed by atoms with Gasteiger partial charge in [-0.05, 0) is 37.1 Å². The molecule has 0 N–H and O–H groups in total. The second-order valence-electron chi connectivity index (χ2n) is 7.07. The molecule has 0 unspecified atom stereocenters. The van der Waals surface area contributed by atoms with Gasteiger partial charge in [0.25, 0.3) is 0 Å². The van der Waals surface area contributed by atoms with Gasteiger partial charge >= 0.3 is 17.8 Å². The van der Waals surface area contributed by atoms with Crippen LogP contribution in [0, 0.1) is 0 Å². The summed E-state index contributed by atoms with van der Waals surface area (Å²) in [6.07, 6.45) is 5.39. The zero-order valence-electron chi connectivity index (χ0n) is 14.3. The van der Waals surface area contributed by atoms with Crippen molar-refractivity contribution >= 4 is 23.5 Å². The Hall–Kier alpha value is -1.28. The van der Waals surface area contributed by atoms with Crippen molar-refractivity contribution in [3.05, 3.63) is 69.6 Å². The molecule has 1 fully saturated rings. The Morgan fingerprint density at radius 3 is 1.37 bits per heavy atom. The first-order valence-electron chi connectivity index (χ1n) is 8.00. The summed E-state index contributed by atoms with van der Waals surface area (Å²) in [5, 5.41) is 0. The fourth-order valence-corrected chi connectivity index (χ4v) is 7.03. The van der Waals surface area contributed by atoms with Crippen LogP contribution < -0.4 is 0 Å². The van der Waals surface area contributed by atoms with Crippen LogP contribution in [-0.2, 0) is 0 Å². The Balaban J connectivity index is 2.19. The molecule has 0 aromatic rings. The molecule has 2 atom stereocenters. The van der Waals surface area contributed by atoms with Crippen molar-refractivity contribution < 1.29 is 26.3 Å². The van der Waals surface area contributed by atoms with E-state index in [-0.39, 0.29) is 11.1 Å². The van der Waals surface area contributed by atoms with E-state index in [1.807, 2.05) is 0 Å². The molecule has 0 aromatic carbocycles. The fraction of sp³-hybridized carbons (Fsp3) is 0.368. The molecule has 2 aliphatic heterocycles. The van der Waals surface area contributed by atoms with E-state index in [1.54, 1.807) is 13.8 Å². The lowest BCUT2D eigenvalue weighted by Gasteiger charge is -2.47. The SMILES string of the molecule is C=CC1=CC2=C3C(=C4C=C(C=C)S[C@]4(C)[C@@]2(C)S1)C(F)(F)C(F)(F)C3(F)F. The molecule has 0 radical (unpaired) electrons. The number of fused-ring (bicyclic) bond motifs is 4. The summed E-state index contributed by atoms with van der Waals surface area (Å²) in [7, 11) is 0. The van der Waals surface area contributed by atoms with E-state index in [9.17, 15) is 26.3 Å². The standard InChI is InChI=1S/C19H14F6S2/c1-5-9-7-11-13-14(18(22,23)19(24,25)17(13,20)21)12-8-10(6-2)27-16(12,4)15(11,3)26-9/h5-8H,1-2H2,3-4H3/t15-,16-/m0/s1. The van der Waals surface area contributed by atoms with Crippen LogP contribution in [0.15, 0.2) is 69.6 Å². The molecule has 0 bridgehead atoms. The number of thioether (sulfide) groups is 2. The molecular weight excluding hydrogens is 406 g/mol. The Bertz CT molecular complexity index is 862. The molecule has 8 heteroatoms.